The van der Waals surface area contributed by atoms with E-state index in [1.165, 1.54) is 12.1 Å². The molecule has 0 aliphatic rings. The molecule has 6 heteroatoms. The van der Waals surface area contributed by atoms with Gasteiger partial charge in [-0.25, -0.2) is 17.5 Å². The maximum Gasteiger partial charge on any atom is 0.240 e. The quantitative estimate of drug-likeness (QED) is 0.741. The number of sulfonamides is 1. The molecule has 130 valence electrons. The maximum atomic E-state index is 13.1. The summed E-state index contributed by atoms with van der Waals surface area (Å²) in [6.45, 7) is 4.47. The fourth-order valence-corrected chi connectivity index (χ4v) is 3.71. The van der Waals surface area contributed by atoms with Gasteiger partial charge in [0.2, 0.25) is 10.0 Å². The first-order chi connectivity index (χ1) is 11.4. The van der Waals surface area contributed by atoms with Gasteiger partial charge in [-0.3, -0.25) is 0 Å². The molecule has 24 heavy (non-hydrogen) atoms. The molecule has 0 bridgehead atoms. The molecule has 0 aromatic heterocycles. The van der Waals surface area contributed by atoms with Crippen molar-refractivity contribution in [3.8, 4) is 5.75 Å². The Labute approximate surface area is 142 Å². The van der Waals surface area contributed by atoms with E-state index in [9.17, 15) is 12.8 Å². The van der Waals surface area contributed by atoms with E-state index in [1.807, 2.05) is 31.2 Å². The van der Waals surface area contributed by atoms with E-state index in [2.05, 4.69) is 4.72 Å². The second-order valence-electron chi connectivity index (χ2n) is 5.49. The summed E-state index contributed by atoms with van der Waals surface area (Å²) in [5.74, 6) is 0.385. The van der Waals surface area contributed by atoms with Crippen LogP contribution in [0.2, 0.25) is 0 Å². The summed E-state index contributed by atoms with van der Waals surface area (Å²) in [7, 11) is -3.61. The van der Waals surface area contributed by atoms with Crippen LogP contribution in [0.15, 0.2) is 47.4 Å². The predicted octanol–water partition coefficient (Wildman–Crippen LogP) is 3.44. The zero-order valence-electron chi connectivity index (χ0n) is 13.9. The summed E-state index contributed by atoms with van der Waals surface area (Å²) in [4.78, 5) is 0.116. The Kier molecular flexibility index (Phi) is 6.34. The van der Waals surface area contributed by atoms with Gasteiger partial charge in [-0.2, -0.15) is 0 Å². The van der Waals surface area contributed by atoms with Gasteiger partial charge in [0, 0.05) is 6.54 Å². The summed E-state index contributed by atoms with van der Waals surface area (Å²) in [5.41, 5.74) is 1.52. The molecule has 0 radical (unpaired) electrons. The van der Waals surface area contributed by atoms with Crippen LogP contribution in [-0.4, -0.2) is 21.6 Å². The minimum Gasteiger partial charge on any atom is -0.494 e. The number of aryl methyl sites for hydroxylation is 2. The van der Waals surface area contributed by atoms with E-state index in [0.29, 0.717) is 25.1 Å². The van der Waals surface area contributed by atoms with Gasteiger partial charge in [-0.1, -0.05) is 12.1 Å². The molecule has 0 fully saturated rings. The molecule has 0 unspecified atom stereocenters. The Morgan fingerprint density at radius 1 is 1.12 bits per heavy atom. The van der Waals surface area contributed by atoms with Crippen molar-refractivity contribution in [1.29, 1.82) is 0 Å². The second kappa shape index (κ2) is 8.26. The number of hydrogen-bond donors (Lipinski definition) is 1. The molecule has 0 saturated heterocycles. The second-order valence-corrected chi connectivity index (χ2v) is 7.22. The number of nitrogens with one attached hydrogen (secondary N) is 1. The number of rotatable bonds is 8. The van der Waals surface area contributed by atoms with E-state index in [0.717, 1.165) is 23.8 Å². The van der Waals surface area contributed by atoms with Crippen molar-refractivity contribution in [2.45, 2.75) is 31.6 Å². The molecular weight excluding hydrogens is 329 g/mol. The van der Waals surface area contributed by atoms with Crippen LogP contribution in [0, 0.1) is 12.7 Å². The Morgan fingerprint density at radius 2 is 1.83 bits per heavy atom. The zero-order valence-corrected chi connectivity index (χ0v) is 14.7. The van der Waals surface area contributed by atoms with Gasteiger partial charge in [-0.15, -0.1) is 0 Å². The average Bonchev–Trinajstić information content (AvgIpc) is 2.53. The molecule has 4 nitrogen and oxygen atoms in total. The van der Waals surface area contributed by atoms with Crippen molar-refractivity contribution in [3.63, 3.8) is 0 Å². The van der Waals surface area contributed by atoms with Gasteiger partial charge >= 0.3 is 0 Å². The third-order valence-corrected chi connectivity index (χ3v) is 5.22. The molecular formula is C18H22FNO3S. The van der Waals surface area contributed by atoms with Crippen molar-refractivity contribution in [2.24, 2.45) is 0 Å². The van der Waals surface area contributed by atoms with E-state index in [4.69, 9.17) is 4.74 Å². The average molecular weight is 351 g/mol. The third-order valence-electron chi connectivity index (χ3n) is 3.60. The Balaban J connectivity index is 1.86. The standard InChI is InChI=1S/C18H22FNO3S/c1-3-23-17-9-6-15(7-10-17)5-4-12-20-24(21,22)18-11-8-16(19)13-14(18)2/h6-11,13,20H,3-5,12H2,1-2H3. The molecule has 0 atom stereocenters. The van der Waals surface area contributed by atoms with Crippen LogP contribution in [-0.2, 0) is 16.4 Å². The highest BCUT2D eigenvalue weighted by atomic mass is 32.2. The van der Waals surface area contributed by atoms with Gasteiger partial charge in [0.05, 0.1) is 11.5 Å². The maximum absolute atomic E-state index is 13.1. The monoisotopic (exact) mass is 351 g/mol. The number of hydrogen-bond acceptors (Lipinski definition) is 3. The molecule has 0 heterocycles. The molecule has 2 rings (SSSR count). The zero-order chi connectivity index (χ0) is 17.6. The van der Waals surface area contributed by atoms with Crippen molar-refractivity contribution in [1.82, 2.24) is 4.72 Å². The first-order valence-corrected chi connectivity index (χ1v) is 9.38. The highest BCUT2D eigenvalue weighted by Gasteiger charge is 2.16. The molecule has 2 aromatic carbocycles. The number of benzene rings is 2. The number of halogens is 1. The summed E-state index contributed by atoms with van der Waals surface area (Å²) in [6.07, 6.45) is 1.44. The van der Waals surface area contributed by atoms with Crippen LogP contribution in [0.25, 0.3) is 0 Å². The molecule has 0 amide bonds. The SMILES string of the molecule is CCOc1ccc(CCCNS(=O)(=O)c2ccc(F)cc2C)cc1. The fourth-order valence-electron chi connectivity index (χ4n) is 2.41. The van der Waals surface area contributed by atoms with E-state index in [-0.39, 0.29) is 4.90 Å². The molecule has 0 saturated carbocycles. The third kappa shape index (κ3) is 5.04. The van der Waals surface area contributed by atoms with Gasteiger partial charge in [0.25, 0.3) is 0 Å². The minimum atomic E-state index is -3.61. The molecule has 1 N–H and O–H groups in total. The van der Waals surface area contributed by atoms with Crippen LogP contribution in [0.4, 0.5) is 4.39 Å². The highest BCUT2D eigenvalue weighted by Crippen LogP contribution is 2.16. The Hall–Kier alpha value is -1.92. The van der Waals surface area contributed by atoms with Crippen LogP contribution in [0.3, 0.4) is 0 Å². The van der Waals surface area contributed by atoms with E-state index < -0.39 is 15.8 Å². The highest BCUT2D eigenvalue weighted by molar-refractivity contribution is 7.89. The normalized spacial score (nSPS) is 11.5. The Morgan fingerprint density at radius 3 is 2.46 bits per heavy atom. The molecule has 0 spiro atoms. The molecule has 0 aliphatic heterocycles. The first-order valence-electron chi connectivity index (χ1n) is 7.90. The lowest BCUT2D eigenvalue weighted by molar-refractivity contribution is 0.340. The van der Waals surface area contributed by atoms with Crippen molar-refractivity contribution in [2.75, 3.05) is 13.2 Å². The summed E-state index contributed by atoms with van der Waals surface area (Å²) in [5, 5.41) is 0. The first kappa shape index (κ1) is 18.4. The lowest BCUT2D eigenvalue weighted by Gasteiger charge is -2.09. The van der Waals surface area contributed by atoms with Gasteiger partial charge < -0.3 is 4.74 Å². The van der Waals surface area contributed by atoms with Gasteiger partial charge in [0.15, 0.2) is 0 Å². The van der Waals surface area contributed by atoms with Crippen LogP contribution in [0.5, 0.6) is 5.75 Å². The largest absolute Gasteiger partial charge is 0.494 e. The Bertz CT molecular complexity index is 773. The van der Waals surface area contributed by atoms with Gasteiger partial charge in [-0.05, 0) is 68.1 Å². The molecule has 0 aliphatic carbocycles. The predicted molar refractivity (Wildman–Crippen MR) is 92.3 cm³/mol. The van der Waals surface area contributed by atoms with Crippen molar-refractivity contribution >= 4 is 10.0 Å². The van der Waals surface area contributed by atoms with Crippen LogP contribution in [0.1, 0.15) is 24.5 Å². The van der Waals surface area contributed by atoms with E-state index in [1.54, 1.807) is 6.92 Å². The smallest absolute Gasteiger partial charge is 0.240 e. The van der Waals surface area contributed by atoms with E-state index >= 15 is 0 Å². The minimum absolute atomic E-state index is 0.116. The van der Waals surface area contributed by atoms with Crippen molar-refractivity contribution in [3.05, 3.63) is 59.4 Å². The van der Waals surface area contributed by atoms with Crippen LogP contribution < -0.4 is 9.46 Å². The lowest BCUT2D eigenvalue weighted by atomic mass is 10.1. The van der Waals surface area contributed by atoms with Gasteiger partial charge in [0.1, 0.15) is 11.6 Å². The fraction of sp³-hybridized carbons (Fsp3) is 0.333. The topological polar surface area (TPSA) is 55.4 Å². The summed E-state index contributed by atoms with van der Waals surface area (Å²) < 4.78 is 45.5. The summed E-state index contributed by atoms with van der Waals surface area (Å²) >= 11 is 0. The summed E-state index contributed by atoms with van der Waals surface area (Å²) in [6, 6.07) is 11.4. The van der Waals surface area contributed by atoms with Crippen molar-refractivity contribution < 1.29 is 17.5 Å². The lowest BCUT2D eigenvalue weighted by Crippen LogP contribution is -2.25. The number of ether oxygens (including phenoxy) is 1. The van der Waals surface area contributed by atoms with Crippen LogP contribution >= 0.6 is 0 Å². The molecule has 2 aromatic rings.